The zero-order chi connectivity index (χ0) is 18.2. The number of carbonyl (C=O) groups excluding carboxylic acids is 1. The van der Waals surface area contributed by atoms with Gasteiger partial charge in [-0.3, -0.25) is 4.79 Å². The molecule has 0 bridgehead atoms. The summed E-state index contributed by atoms with van der Waals surface area (Å²) < 4.78 is 23.2. The van der Waals surface area contributed by atoms with E-state index >= 15 is 0 Å². The number of hydrogen-bond acceptors (Lipinski definition) is 7. The average molecular weight is 348 g/mol. The van der Waals surface area contributed by atoms with Gasteiger partial charge in [0.05, 0.1) is 14.2 Å². The first kappa shape index (κ1) is 18.1. The number of carbonyl (C=O) groups is 1. The van der Waals surface area contributed by atoms with Crippen LogP contribution in [0, 0.1) is 5.82 Å². The van der Waals surface area contributed by atoms with Crippen LogP contribution in [0.3, 0.4) is 0 Å². The van der Waals surface area contributed by atoms with Gasteiger partial charge in [0.1, 0.15) is 19.1 Å². The van der Waals surface area contributed by atoms with Crippen LogP contribution in [0.15, 0.2) is 29.4 Å². The van der Waals surface area contributed by atoms with Crippen molar-refractivity contribution in [3.8, 4) is 11.6 Å². The number of rotatable bonds is 7. The van der Waals surface area contributed by atoms with E-state index in [9.17, 15) is 9.18 Å². The number of hydrogen-bond donors (Lipinski definition) is 1. The molecular weight excluding hydrogens is 331 g/mol. The Balaban J connectivity index is 2.26. The van der Waals surface area contributed by atoms with Gasteiger partial charge in [-0.2, -0.15) is 4.98 Å². The molecule has 0 aliphatic heterocycles. The van der Waals surface area contributed by atoms with Crippen molar-refractivity contribution in [2.45, 2.75) is 6.54 Å². The summed E-state index contributed by atoms with van der Waals surface area (Å²) in [6, 6.07) is 5.78. The molecule has 0 unspecified atom stereocenters. The minimum atomic E-state index is -0.506. The normalized spacial score (nSPS) is 10.6. The van der Waals surface area contributed by atoms with E-state index in [1.807, 2.05) is 0 Å². The summed E-state index contributed by atoms with van der Waals surface area (Å²) in [6.45, 7) is 0.191. The Bertz CT molecular complexity index is 765. The SMILES string of the molecule is CO/N=C/c1nc(OC)c(OC)c(C(=O)NCc2ccc(F)cc2)n1. The predicted molar refractivity (Wildman–Crippen MR) is 87.3 cm³/mol. The molecule has 0 aliphatic carbocycles. The molecule has 0 saturated carbocycles. The van der Waals surface area contributed by atoms with E-state index in [1.165, 1.54) is 39.7 Å². The van der Waals surface area contributed by atoms with E-state index in [0.717, 1.165) is 5.56 Å². The van der Waals surface area contributed by atoms with Gasteiger partial charge in [-0.25, -0.2) is 9.37 Å². The highest BCUT2D eigenvalue weighted by atomic mass is 19.1. The molecule has 0 aliphatic rings. The Morgan fingerprint density at radius 1 is 1.20 bits per heavy atom. The second kappa shape index (κ2) is 8.57. The molecule has 8 nitrogen and oxygen atoms in total. The van der Waals surface area contributed by atoms with Crippen LogP contribution in [0.2, 0.25) is 0 Å². The monoisotopic (exact) mass is 348 g/mol. The third kappa shape index (κ3) is 4.63. The number of halogens is 1. The first-order valence-corrected chi connectivity index (χ1v) is 7.18. The first-order chi connectivity index (χ1) is 12.1. The molecule has 0 atom stereocenters. The molecular formula is C16H17FN4O4. The second-order valence-electron chi connectivity index (χ2n) is 4.70. The highest BCUT2D eigenvalue weighted by molar-refractivity contribution is 5.96. The van der Waals surface area contributed by atoms with Crippen molar-refractivity contribution in [1.29, 1.82) is 0 Å². The van der Waals surface area contributed by atoms with Gasteiger partial charge in [0, 0.05) is 6.54 Å². The van der Waals surface area contributed by atoms with E-state index in [4.69, 9.17) is 9.47 Å². The van der Waals surface area contributed by atoms with Gasteiger partial charge >= 0.3 is 0 Å². The molecule has 0 saturated heterocycles. The molecule has 1 heterocycles. The van der Waals surface area contributed by atoms with Crippen LogP contribution in [0.4, 0.5) is 4.39 Å². The van der Waals surface area contributed by atoms with Gasteiger partial charge in [-0.05, 0) is 17.7 Å². The maximum absolute atomic E-state index is 12.9. The number of nitrogens with one attached hydrogen (secondary N) is 1. The fraction of sp³-hybridized carbons (Fsp3) is 0.250. The molecule has 1 amide bonds. The van der Waals surface area contributed by atoms with Crippen molar-refractivity contribution in [3.63, 3.8) is 0 Å². The van der Waals surface area contributed by atoms with Crippen LogP contribution in [0.5, 0.6) is 11.6 Å². The topological polar surface area (TPSA) is 94.9 Å². The van der Waals surface area contributed by atoms with Crippen molar-refractivity contribution in [1.82, 2.24) is 15.3 Å². The average Bonchev–Trinajstić information content (AvgIpc) is 2.64. The molecule has 0 fully saturated rings. The van der Waals surface area contributed by atoms with Crippen molar-refractivity contribution in [3.05, 3.63) is 47.2 Å². The number of ether oxygens (including phenoxy) is 2. The maximum atomic E-state index is 12.9. The van der Waals surface area contributed by atoms with Gasteiger partial charge in [0.2, 0.25) is 5.75 Å². The van der Waals surface area contributed by atoms with Gasteiger partial charge in [-0.1, -0.05) is 17.3 Å². The van der Waals surface area contributed by atoms with E-state index in [1.54, 1.807) is 12.1 Å². The third-order valence-corrected chi connectivity index (χ3v) is 3.10. The van der Waals surface area contributed by atoms with Crippen molar-refractivity contribution < 1.29 is 23.5 Å². The highest BCUT2D eigenvalue weighted by Gasteiger charge is 2.21. The minimum Gasteiger partial charge on any atom is -0.489 e. The number of methoxy groups -OCH3 is 2. The molecule has 1 aromatic heterocycles. The van der Waals surface area contributed by atoms with Crippen LogP contribution in [0.25, 0.3) is 0 Å². The van der Waals surface area contributed by atoms with Gasteiger partial charge < -0.3 is 19.6 Å². The quantitative estimate of drug-likeness (QED) is 0.602. The smallest absolute Gasteiger partial charge is 0.274 e. The van der Waals surface area contributed by atoms with E-state index < -0.39 is 5.91 Å². The molecule has 2 aromatic rings. The molecule has 0 spiro atoms. The molecule has 2 rings (SSSR count). The number of oxime groups is 1. The summed E-state index contributed by atoms with van der Waals surface area (Å²) in [5, 5.41) is 6.24. The van der Waals surface area contributed by atoms with Crippen LogP contribution >= 0.6 is 0 Å². The van der Waals surface area contributed by atoms with Gasteiger partial charge in [0.15, 0.2) is 11.5 Å². The highest BCUT2D eigenvalue weighted by Crippen LogP contribution is 2.27. The molecule has 1 N–H and O–H groups in total. The van der Waals surface area contributed by atoms with E-state index in [2.05, 4.69) is 25.3 Å². The molecule has 132 valence electrons. The summed E-state index contributed by atoms with van der Waals surface area (Å²) in [7, 11) is 4.14. The molecule has 1 aromatic carbocycles. The van der Waals surface area contributed by atoms with Crippen molar-refractivity contribution in [2.75, 3.05) is 21.3 Å². The van der Waals surface area contributed by atoms with Crippen molar-refractivity contribution in [2.24, 2.45) is 5.16 Å². The lowest BCUT2D eigenvalue weighted by molar-refractivity contribution is 0.0941. The Morgan fingerprint density at radius 3 is 2.52 bits per heavy atom. The summed E-state index contributed by atoms with van der Waals surface area (Å²) in [6.07, 6.45) is 1.23. The minimum absolute atomic E-state index is 0.0194. The van der Waals surface area contributed by atoms with Crippen LogP contribution in [-0.2, 0) is 11.4 Å². The number of nitrogens with zero attached hydrogens (tertiary/aromatic N) is 3. The van der Waals surface area contributed by atoms with E-state index in [0.29, 0.717) is 0 Å². The standard InChI is InChI=1S/C16H17FN4O4/c1-23-14-13(20-12(9-19-25-3)21-16(14)24-2)15(22)18-8-10-4-6-11(17)7-5-10/h4-7,9H,8H2,1-3H3,(H,18,22)/b19-9+. The van der Waals surface area contributed by atoms with Crippen LogP contribution in [-0.4, -0.2) is 43.4 Å². The number of benzene rings is 1. The van der Waals surface area contributed by atoms with Crippen molar-refractivity contribution >= 4 is 12.1 Å². The number of aromatic nitrogens is 2. The van der Waals surface area contributed by atoms with Gasteiger partial charge in [-0.15, -0.1) is 0 Å². The van der Waals surface area contributed by atoms with Crippen LogP contribution in [0.1, 0.15) is 21.9 Å². The Hall–Kier alpha value is -3.23. The van der Waals surface area contributed by atoms with Crippen LogP contribution < -0.4 is 14.8 Å². The summed E-state index contributed by atoms with van der Waals surface area (Å²) in [5.41, 5.74) is 0.713. The second-order valence-corrected chi connectivity index (χ2v) is 4.70. The summed E-state index contributed by atoms with van der Waals surface area (Å²) >= 11 is 0. The zero-order valence-electron chi connectivity index (χ0n) is 13.9. The Labute approximate surface area is 143 Å². The summed E-state index contributed by atoms with van der Waals surface area (Å²) in [4.78, 5) is 25.2. The first-order valence-electron chi connectivity index (χ1n) is 7.18. The largest absolute Gasteiger partial charge is 0.489 e. The lowest BCUT2D eigenvalue weighted by atomic mass is 10.2. The van der Waals surface area contributed by atoms with E-state index in [-0.39, 0.29) is 35.5 Å². The lowest BCUT2D eigenvalue weighted by Crippen LogP contribution is -2.25. The molecule has 9 heteroatoms. The zero-order valence-corrected chi connectivity index (χ0v) is 13.9. The maximum Gasteiger partial charge on any atom is 0.274 e. The number of amides is 1. The fourth-order valence-electron chi connectivity index (χ4n) is 1.95. The predicted octanol–water partition coefficient (Wildman–Crippen LogP) is 1.54. The Kier molecular flexibility index (Phi) is 6.21. The molecule has 0 radical (unpaired) electrons. The summed E-state index contributed by atoms with van der Waals surface area (Å²) in [5.74, 6) is -0.560. The Morgan fingerprint density at radius 2 is 1.92 bits per heavy atom. The third-order valence-electron chi connectivity index (χ3n) is 3.10. The molecule has 25 heavy (non-hydrogen) atoms. The fourth-order valence-corrected chi connectivity index (χ4v) is 1.95. The lowest BCUT2D eigenvalue weighted by Gasteiger charge is -2.12. The van der Waals surface area contributed by atoms with Gasteiger partial charge in [0.25, 0.3) is 11.8 Å².